The molecule has 0 radical (unpaired) electrons. The van der Waals surface area contributed by atoms with Crippen LogP contribution >= 0.6 is 23.2 Å². The zero-order valence-corrected chi connectivity index (χ0v) is 8.66. The van der Waals surface area contributed by atoms with E-state index in [1.807, 2.05) is 6.92 Å². The maximum atomic E-state index is 13.1. The third-order valence-corrected chi connectivity index (χ3v) is 2.23. The molecule has 3 heteroatoms. The second-order valence-corrected chi connectivity index (χ2v) is 3.49. The van der Waals surface area contributed by atoms with Crippen molar-refractivity contribution in [2.75, 3.05) is 5.88 Å². The molecule has 0 bridgehead atoms. The second kappa shape index (κ2) is 4.64. The molecule has 70 valence electrons. The van der Waals surface area contributed by atoms with Crippen molar-refractivity contribution in [2.45, 2.75) is 6.92 Å². The third kappa shape index (κ3) is 3.02. The van der Waals surface area contributed by atoms with E-state index in [1.165, 1.54) is 12.1 Å². The summed E-state index contributed by atoms with van der Waals surface area (Å²) in [5, 5.41) is 0.523. The number of rotatable bonds is 2. The van der Waals surface area contributed by atoms with E-state index in [0.717, 1.165) is 5.57 Å². The molecular weight excluding hydrogens is 210 g/mol. The number of hydrogen-bond acceptors (Lipinski definition) is 0. The molecule has 0 N–H and O–H groups in total. The van der Waals surface area contributed by atoms with Crippen LogP contribution in [0.15, 0.2) is 23.8 Å². The third-order valence-electron chi connectivity index (χ3n) is 1.57. The van der Waals surface area contributed by atoms with Gasteiger partial charge in [-0.3, -0.25) is 0 Å². The zero-order valence-electron chi connectivity index (χ0n) is 7.15. The molecule has 0 heterocycles. The van der Waals surface area contributed by atoms with Gasteiger partial charge >= 0.3 is 0 Å². The molecule has 0 saturated heterocycles. The van der Waals surface area contributed by atoms with Crippen LogP contribution in [0.2, 0.25) is 5.02 Å². The average Bonchev–Trinajstić information content (AvgIpc) is 2.11. The standard InChI is InChI=1S/C10H9Cl2F/c1-7(6-11)4-8-5-9(12)2-3-10(8)13/h2-5H,6H2,1H3/b7-4-. The SMILES string of the molecule is C/C(=C/c1cc(Cl)ccc1F)CCl. The molecule has 0 fully saturated rings. The lowest BCUT2D eigenvalue weighted by atomic mass is 10.1. The Morgan fingerprint density at radius 3 is 2.85 bits per heavy atom. The lowest BCUT2D eigenvalue weighted by molar-refractivity contribution is 0.625. The molecule has 0 aromatic heterocycles. The maximum absolute atomic E-state index is 13.1. The van der Waals surface area contributed by atoms with Crippen LogP contribution in [0.3, 0.4) is 0 Å². The van der Waals surface area contributed by atoms with Crippen LogP contribution in [-0.2, 0) is 0 Å². The van der Waals surface area contributed by atoms with E-state index in [9.17, 15) is 4.39 Å². The van der Waals surface area contributed by atoms with E-state index in [1.54, 1.807) is 12.1 Å². The normalized spacial score (nSPS) is 11.8. The summed E-state index contributed by atoms with van der Waals surface area (Å²) in [5.41, 5.74) is 1.38. The van der Waals surface area contributed by atoms with Crippen molar-refractivity contribution in [2.24, 2.45) is 0 Å². The van der Waals surface area contributed by atoms with Crippen molar-refractivity contribution < 1.29 is 4.39 Å². The fourth-order valence-corrected chi connectivity index (χ4v) is 1.19. The van der Waals surface area contributed by atoms with Gasteiger partial charge in [-0.2, -0.15) is 0 Å². The summed E-state index contributed by atoms with van der Waals surface area (Å²) >= 11 is 11.3. The molecule has 0 unspecified atom stereocenters. The number of alkyl halides is 1. The molecule has 1 rings (SSSR count). The van der Waals surface area contributed by atoms with E-state index in [-0.39, 0.29) is 5.82 Å². The number of allylic oxidation sites excluding steroid dienone is 1. The highest BCUT2D eigenvalue weighted by Crippen LogP contribution is 2.17. The predicted octanol–water partition coefficient (Wildman–Crippen LogP) is 4.12. The zero-order chi connectivity index (χ0) is 9.84. The molecule has 0 aliphatic carbocycles. The smallest absolute Gasteiger partial charge is 0.130 e. The van der Waals surface area contributed by atoms with Gasteiger partial charge in [0, 0.05) is 16.5 Å². The van der Waals surface area contributed by atoms with Crippen LogP contribution in [0.4, 0.5) is 4.39 Å². The molecule has 0 spiro atoms. The summed E-state index contributed by atoms with van der Waals surface area (Å²) in [6.07, 6.45) is 1.69. The molecular formula is C10H9Cl2F. The first kappa shape index (κ1) is 10.6. The summed E-state index contributed by atoms with van der Waals surface area (Å²) in [7, 11) is 0. The number of hydrogen-bond donors (Lipinski definition) is 0. The molecule has 0 atom stereocenters. The van der Waals surface area contributed by atoms with Crippen LogP contribution in [-0.4, -0.2) is 5.88 Å². The lowest BCUT2D eigenvalue weighted by Crippen LogP contribution is -1.84. The van der Waals surface area contributed by atoms with Gasteiger partial charge in [-0.15, -0.1) is 11.6 Å². The van der Waals surface area contributed by atoms with Gasteiger partial charge in [-0.1, -0.05) is 23.3 Å². The first-order chi connectivity index (χ1) is 6.13. The Balaban J connectivity index is 3.07. The van der Waals surface area contributed by atoms with Gasteiger partial charge in [0.25, 0.3) is 0 Å². The Bertz CT molecular complexity index is 332. The van der Waals surface area contributed by atoms with E-state index >= 15 is 0 Å². The topological polar surface area (TPSA) is 0 Å². The van der Waals surface area contributed by atoms with E-state index < -0.39 is 0 Å². The first-order valence-corrected chi connectivity index (χ1v) is 4.73. The molecule has 0 nitrogen and oxygen atoms in total. The molecule has 0 aliphatic rings. The van der Waals surface area contributed by atoms with Crippen molar-refractivity contribution in [1.82, 2.24) is 0 Å². The summed E-state index contributed by atoms with van der Waals surface area (Å²) in [5.74, 6) is 0.111. The van der Waals surface area contributed by atoms with Gasteiger partial charge in [-0.25, -0.2) is 4.39 Å². The van der Waals surface area contributed by atoms with Crippen molar-refractivity contribution in [3.63, 3.8) is 0 Å². The van der Waals surface area contributed by atoms with Crippen molar-refractivity contribution >= 4 is 29.3 Å². The minimum atomic E-state index is -0.283. The van der Waals surface area contributed by atoms with Gasteiger partial charge in [0.05, 0.1) is 0 Å². The fourth-order valence-electron chi connectivity index (χ4n) is 0.929. The molecule has 0 amide bonds. The van der Waals surface area contributed by atoms with Crippen LogP contribution in [0, 0.1) is 5.82 Å². The van der Waals surface area contributed by atoms with Gasteiger partial charge in [0.1, 0.15) is 5.82 Å². The molecule has 13 heavy (non-hydrogen) atoms. The minimum absolute atomic E-state index is 0.283. The van der Waals surface area contributed by atoms with Gasteiger partial charge in [0.15, 0.2) is 0 Å². The van der Waals surface area contributed by atoms with Crippen molar-refractivity contribution in [1.29, 1.82) is 0 Å². The first-order valence-electron chi connectivity index (χ1n) is 3.81. The number of benzene rings is 1. The monoisotopic (exact) mass is 218 g/mol. The minimum Gasteiger partial charge on any atom is -0.206 e. The van der Waals surface area contributed by atoms with Crippen LogP contribution in [0.5, 0.6) is 0 Å². The summed E-state index contributed by atoms with van der Waals surface area (Å²) in [6.45, 7) is 1.84. The van der Waals surface area contributed by atoms with E-state index in [4.69, 9.17) is 23.2 Å². The molecule has 1 aromatic carbocycles. The Kier molecular flexibility index (Phi) is 3.76. The predicted molar refractivity (Wildman–Crippen MR) is 55.8 cm³/mol. The average molecular weight is 219 g/mol. The highest BCUT2D eigenvalue weighted by Gasteiger charge is 1.99. The molecule has 0 aliphatic heterocycles. The lowest BCUT2D eigenvalue weighted by Gasteiger charge is -1.99. The quantitative estimate of drug-likeness (QED) is 0.656. The maximum Gasteiger partial charge on any atom is 0.130 e. The highest BCUT2D eigenvalue weighted by molar-refractivity contribution is 6.30. The van der Waals surface area contributed by atoms with E-state index in [2.05, 4.69) is 0 Å². The van der Waals surface area contributed by atoms with Crippen molar-refractivity contribution in [3.05, 3.63) is 40.2 Å². The van der Waals surface area contributed by atoms with Crippen LogP contribution < -0.4 is 0 Å². The Labute approximate surface area is 87.0 Å². The second-order valence-electron chi connectivity index (χ2n) is 2.79. The molecule has 1 aromatic rings. The largest absolute Gasteiger partial charge is 0.206 e. The Morgan fingerprint density at radius 2 is 2.23 bits per heavy atom. The summed E-state index contributed by atoms with van der Waals surface area (Å²) < 4.78 is 13.1. The molecule has 0 saturated carbocycles. The van der Waals surface area contributed by atoms with E-state index in [0.29, 0.717) is 16.5 Å². The summed E-state index contributed by atoms with van der Waals surface area (Å²) in [4.78, 5) is 0. The van der Waals surface area contributed by atoms with Crippen molar-refractivity contribution in [3.8, 4) is 0 Å². The Morgan fingerprint density at radius 1 is 1.54 bits per heavy atom. The Hall–Kier alpha value is -0.530. The summed E-state index contributed by atoms with van der Waals surface area (Å²) in [6, 6.07) is 4.44. The van der Waals surface area contributed by atoms with Crippen LogP contribution in [0.25, 0.3) is 6.08 Å². The number of halogens is 3. The van der Waals surface area contributed by atoms with Gasteiger partial charge in [-0.05, 0) is 25.1 Å². The highest BCUT2D eigenvalue weighted by atomic mass is 35.5. The fraction of sp³-hybridized carbons (Fsp3) is 0.200. The van der Waals surface area contributed by atoms with Gasteiger partial charge in [0.2, 0.25) is 0 Å². The van der Waals surface area contributed by atoms with Crippen LogP contribution in [0.1, 0.15) is 12.5 Å². The van der Waals surface area contributed by atoms with Gasteiger partial charge < -0.3 is 0 Å².